The van der Waals surface area contributed by atoms with Crippen molar-refractivity contribution in [3.8, 4) is 0 Å². The van der Waals surface area contributed by atoms with E-state index in [2.05, 4.69) is 13.8 Å². The average molecular weight is 860 g/mol. The minimum Gasteiger partial charge on any atom is -0.466 e. The number of hydrogen-bond acceptors (Lipinski definition) is 2. The van der Waals surface area contributed by atoms with Gasteiger partial charge >= 0.3 is 5.97 Å². The van der Waals surface area contributed by atoms with E-state index in [1.165, 1.54) is 334 Å². The summed E-state index contributed by atoms with van der Waals surface area (Å²) in [5, 5.41) is 0. The van der Waals surface area contributed by atoms with Crippen LogP contribution in [0, 0.1) is 0 Å². The maximum absolute atomic E-state index is 12.1. The Morgan fingerprint density at radius 2 is 0.361 bits per heavy atom. The molecule has 0 radical (unpaired) electrons. The molecule has 0 N–H and O–H groups in total. The zero-order valence-corrected chi connectivity index (χ0v) is 42.9. The van der Waals surface area contributed by atoms with Crippen molar-refractivity contribution in [3.05, 3.63) is 0 Å². The van der Waals surface area contributed by atoms with E-state index in [0.29, 0.717) is 13.0 Å². The van der Waals surface area contributed by atoms with E-state index in [1.54, 1.807) is 0 Å². The monoisotopic (exact) mass is 859 g/mol. The fraction of sp³-hybridized carbons (Fsp3) is 0.983. The Hall–Kier alpha value is -0.530. The molecule has 0 aliphatic heterocycles. The molecule has 0 bridgehead atoms. The van der Waals surface area contributed by atoms with Crippen molar-refractivity contribution >= 4 is 5.97 Å². The highest BCUT2D eigenvalue weighted by atomic mass is 16.5. The van der Waals surface area contributed by atoms with Gasteiger partial charge < -0.3 is 4.74 Å². The van der Waals surface area contributed by atoms with Crippen molar-refractivity contribution in [3.63, 3.8) is 0 Å². The van der Waals surface area contributed by atoms with Crippen molar-refractivity contribution in [1.82, 2.24) is 0 Å². The van der Waals surface area contributed by atoms with Gasteiger partial charge in [-0.2, -0.15) is 0 Å². The van der Waals surface area contributed by atoms with Crippen LogP contribution < -0.4 is 0 Å². The van der Waals surface area contributed by atoms with Gasteiger partial charge in [-0.15, -0.1) is 0 Å². The lowest BCUT2D eigenvalue weighted by Crippen LogP contribution is -2.05. The highest BCUT2D eigenvalue weighted by Gasteiger charge is 2.03. The Labute approximate surface area is 387 Å². The lowest BCUT2D eigenvalue weighted by Gasteiger charge is -2.06. The third kappa shape index (κ3) is 57.5. The molecule has 0 heterocycles. The van der Waals surface area contributed by atoms with E-state index < -0.39 is 0 Å². The van der Waals surface area contributed by atoms with E-state index in [-0.39, 0.29) is 5.97 Å². The summed E-state index contributed by atoms with van der Waals surface area (Å²) in [6.45, 7) is 5.25. The lowest BCUT2D eigenvalue weighted by atomic mass is 10.0. The van der Waals surface area contributed by atoms with Crippen LogP contribution in [0.15, 0.2) is 0 Å². The summed E-state index contributed by atoms with van der Waals surface area (Å²) in [5.41, 5.74) is 0. The molecule has 0 atom stereocenters. The van der Waals surface area contributed by atoms with Crippen LogP contribution in [0.2, 0.25) is 0 Å². The van der Waals surface area contributed by atoms with E-state index >= 15 is 0 Å². The first-order valence-corrected chi connectivity index (χ1v) is 29.5. The second-order valence-corrected chi connectivity index (χ2v) is 20.4. The third-order valence-electron chi connectivity index (χ3n) is 14.0. The van der Waals surface area contributed by atoms with Crippen molar-refractivity contribution in [2.45, 2.75) is 367 Å². The molecule has 2 nitrogen and oxygen atoms in total. The van der Waals surface area contributed by atoms with Crippen LogP contribution in [0.4, 0.5) is 0 Å². The molecule has 0 amide bonds. The van der Waals surface area contributed by atoms with Gasteiger partial charge in [0.15, 0.2) is 0 Å². The predicted octanol–water partition coefficient (Wildman–Crippen LogP) is 22.0. The summed E-state index contributed by atoms with van der Waals surface area (Å²) in [5.74, 6) is 0.0364. The molecule has 0 saturated heterocycles. The topological polar surface area (TPSA) is 26.3 Å². The van der Waals surface area contributed by atoms with E-state index in [1.807, 2.05) is 0 Å². The highest BCUT2D eigenvalue weighted by molar-refractivity contribution is 5.69. The SMILES string of the molecule is CCCCCCCCCCCCCCCCCCCCCCCCCCCCCCCCC(=O)OCCCCCCCCCCCCCCCCCCCCCCCCCC. The molecule has 0 rings (SSSR count). The molecule has 2 heteroatoms. The predicted molar refractivity (Wildman–Crippen MR) is 276 cm³/mol. The van der Waals surface area contributed by atoms with Crippen molar-refractivity contribution in [1.29, 1.82) is 0 Å². The molecule has 61 heavy (non-hydrogen) atoms. The van der Waals surface area contributed by atoms with E-state index in [0.717, 1.165) is 12.8 Å². The standard InChI is InChI=1S/C59H118O2/c1-3-5-7-9-11-13-15-17-19-21-23-25-27-29-30-31-32-33-34-35-37-39-41-43-45-47-49-51-53-55-57-59(60)61-58-56-54-52-50-48-46-44-42-40-38-36-28-26-24-22-20-18-16-14-12-10-8-6-4-2/h3-58H2,1-2H3. The van der Waals surface area contributed by atoms with Crippen molar-refractivity contribution in [2.75, 3.05) is 6.61 Å². The molecular formula is C59H118O2. The summed E-state index contributed by atoms with van der Waals surface area (Å²) >= 11 is 0. The minimum atomic E-state index is 0.0364. The molecule has 0 aromatic heterocycles. The van der Waals surface area contributed by atoms with Gasteiger partial charge in [0, 0.05) is 6.42 Å². The largest absolute Gasteiger partial charge is 0.466 e. The van der Waals surface area contributed by atoms with Crippen LogP contribution in [-0.2, 0) is 9.53 Å². The van der Waals surface area contributed by atoms with Crippen LogP contribution in [0.25, 0.3) is 0 Å². The molecule has 0 aromatic rings. The number of carbonyl (C=O) groups excluding carboxylic acids is 1. The fourth-order valence-electron chi connectivity index (χ4n) is 9.61. The first-order chi connectivity index (χ1) is 30.3. The molecule has 0 aromatic carbocycles. The number of carbonyl (C=O) groups is 1. The zero-order valence-electron chi connectivity index (χ0n) is 42.9. The smallest absolute Gasteiger partial charge is 0.305 e. The fourth-order valence-corrected chi connectivity index (χ4v) is 9.61. The number of esters is 1. The Kier molecular flexibility index (Phi) is 57.0. The summed E-state index contributed by atoms with van der Waals surface area (Å²) < 4.78 is 5.52. The molecule has 0 fully saturated rings. The Morgan fingerprint density at radius 1 is 0.213 bits per heavy atom. The normalized spacial score (nSPS) is 11.6. The number of rotatable bonds is 56. The van der Waals surface area contributed by atoms with Crippen LogP contribution in [0.5, 0.6) is 0 Å². The van der Waals surface area contributed by atoms with Gasteiger partial charge in [0.05, 0.1) is 6.61 Å². The minimum absolute atomic E-state index is 0.0364. The van der Waals surface area contributed by atoms with Crippen LogP contribution >= 0.6 is 0 Å². The van der Waals surface area contributed by atoms with Gasteiger partial charge in [0.2, 0.25) is 0 Å². The molecule has 0 aliphatic carbocycles. The highest BCUT2D eigenvalue weighted by Crippen LogP contribution is 2.19. The van der Waals surface area contributed by atoms with Gasteiger partial charge in [0.25, 0.3) is 0 Å². The zero-order chi connectivity index (χ0) is 43.9. The summed E-state index contributed by atoms with van der Waals surface area (Å²) in [6.07, 6.45) is 77.3. The Bertz CT molecular complexity index is 762. The first kappa shape index (κ1) is 60.5. The van der Waals surface area contributed by atoms with Crippen LogP contribution in [-0.4, -0.2) is 12.6 Å². The maximum atomic E-state index is 12.1. The molecule has 0 unspecified atom stereocenters. The van der Waals surface area contributed by atoms with Gasteiger partial charge in [-0.3, -0.25) is 4.79 Å². The number of ether oxygens (including phenoxy) is 1. The lowest BCUT2D eigenvalue weighted by molar-refractivity contribution is -0.143. The number of unbranched alkanes of at least 4 members (excludes halogenated alkanes) is 52. The molecule has 0 saturated carbocycles. The summed E-state index contributed by atoms with van der Waals surface area (Å²) in [6, 6.07) is 0. The second-order valence-electron chi connectivity index (χ2n) is 20.4. The van der Waals surface area contributed by atoms with Crippen LogP contribution in [0.1, 0.15) is 367 Å². The van der Waals surface area contributed by atoms with Gasteiger partial charge in [-0.1, -0.05) is 348 Å². The maximum Gasteiger partial charge on any atom is 0.305 e. The molecule has 0 spiro atoms. The summed E-state index contributed by atoms with van der Waals surface area (Å²) in [7, 11) is 0. The molecular weight excluding hydrogens is 741 g/mol. The number of hydrogen-bond donors (Lipinski definition) is 0. The average Bonchev–Trinajstić information content (AvgIpc) is 3.27. The van der Waals surface area contributed by atoms with Crippen molar-refractivity contribution in [2.24, 2.45) is 0 Å². The van der Waals surface area contributed by atoms with Gasteiger partial charge in [-0.05, 0) is 12.8 Å². The van der Waals surface area contributed by atoms with E-state index in [9.17, 15) is 4.79 Å². The third-order valence-corrected chi connectivity index (χ3v) is 14.0. The van der Waals surface area contributed by atoms with Crippen molar-refractivity contribution < 1.29 is 9.53 Å². The van der Waals surface area contributed by atoms with E-state index in [4.69, 9.17) is 4.74 Å². The summed E-state index contributed by atoms with van der Waals surface area (Å²) in [4.78, 5) is 12.1. The van der Waals surface area contributed by atoms with Gasteiger partial charge in [0.1, 0.15) is 0 Å². The Balaban J connectivity index is 3.14. The molecule has 0 aliphatic rings. The van der Waals surface area contributed by atoms with Crippen LogP contribution in [0.3, 0.4) is 0 Å². The van der Waals surface area contributed by atoms with Gasteiger partial charge in [-0.25, -0.2) is 0 Å². The Morgan fingerprint density at radius 3 is 0.541 bits per heavy atom. The first-order valence-electron chi connectivity index (χ1n) is 29.5. The molecule has 366 valence electrons. The second kappa shape index (κ2) is 57.5. The quantitative estimate of drug-likeness (QED) is 0.0450.